The van der Waals surface area contributed by atoms with Crippen molar-refractivity contribution in [2.45, 2.75) is 72.4 Å². The highest BCUT2D eigenvalue weighted by Crippen LogP contribution is 2.28. The highest BCUT2D eigenvalue weighted by molar-refractivity contribution is 5.71. The predicted octanol–water partition coefficient (Wildman–Crippen LogP) is 6.42. The summed E-state index contributed by atoms with van der Waals surface area (Å²) in [6, 6.07) is 10.1. The van der Waals surface area contributed by atoms with E-state index >= 15 is 0 Å². The Bertz CT molecular complexity index is 707. The number of amides is 1. The summed E-state index contributed by atoms with van der Waals surface area (Å²) in [6.07, 6.45) is 7.13. The standard InChI is InChI=1S/C24H33NO2/c1-5-7-14-21(16-19(3)4)22(15-8-6-2)23-18-25(24(26)27-23)17-20-12-10-9-11-13-20/h9-13,15,23H,5-8,14,17-18H2,1-4H3/b22-15-. The first kappa shape index (κ1) is 21.1. The Hall–Kier alpha value is -2.25. The molecule has 1 fully saturated rings. The first-order valence-corrected chi connectivity index (χ1v) is 10.2. The lowest BCUT2D eigenvalue weighted by atomic mass is 9.94. The molecule has 0 aliphatic carbocycles. The van der Waals surface area contributed by atoms with Gasteiger partial charge in [0.15, 0.2) is 0 Å². The summed E-state index contributed by atoms with van der Waals surface area (Å²) in [7, 11) is 0. The van der Waals surface area contributed by atoms with Crippen LogP contribution in [0.25, 0.3) is 0 Å². The molecular formula is C24H33NO2. The zero-order valence-electron chi connectivity index (χ0n) is 17.3. The van der Waals surface area contributed by atoms with Gasteiger partial charge in [-0.05, 0) is 44.2 Å². The molecule has 2 rings (SSSR count). The van der Waals surface area contributed by atoms with Gasteiger partial charge in [0, 0.05) is 17.7 Å². The van der Waals surface area contributed by atoms with Gasteiger partial charge in [0.25, 0.3) is 0 Å². The number of ether oxygens (including phenoxy) is 1. The molecule has 0 saturated carbocycles. The first-order chi connectivity index (χ1) is 13.0. The van der Waals surface area contributed by atoms with E-state index in [4.69, 9.17) is 4.74 Å². The second kappa shape index (κ2) is 10.8. The van der Waals surface area contributed by atoms with Crippen LogP contribution in [0.5, 0.6) is 0 Å². The maximum Gasteiger partial charge on any atom is 0.410 e. The van der Waals surface area contributed by atoms with E-state index in [1.54, 1.807) is 4.90 Å². The van der Waals surface area contributed by atoms with Gasteiger partial charge in [-0.2, -0.15) is 0 Å². The molecule has 146 valence electrons. The number of hydrogen-bond acceptors (Lipinski definition) is 2. The average Bonchev–Trinajstić information content (AvgIpc) is 3.00. The Labute approximate surface area is 164 Å². The van der Waals surface area contributed by atoms with Crippen LogP contribution >= 0.6 is 0 Å². The highest BCUT2D eigenvalue weighted by Gasteiger charge is 2.34. The number of cyclic esters (lactones) is 1. The molecule has 1 unspecified atom stereocenters. The monoisotopic (exact) mass is 367 g/mol. The number of benzene rings is 1. The van der Waals surface area contributed by atoms with E-state index in [9.17, 15) is 4.79 Å². The third kappa shape index (κ3) is 6.45. The van der Waals surface area contributed by atoms with E-state index < -0.39 is 0 Å². The Morgan fingerprint density at radius 3 is 2.59 bits per heavy atom. The van der Waals surface area contributed by atoms with Crippen LogP contribution in [0.4, 0.5) is 4.79 Å². The van der Waals surface area contributed by atoms with Crippen molar-refractivity contribution < 1.29 is 9.53 Å². The summed E-state index contributed by atoms with van der Waals surface area (Å²) in [5.74, 6) is 0. The Kier molecular flexibility index (Phi) is 8.42. The zero-order valence-corrected chi connectivity index (χ0v) is 17.3. The molecule has 0 spiro atoms. The smallest absolute Gasteiger partial charge is 0.410 e. The van der Waals surface area contributed by atoms with E-state index in [1.165, 1.54) is 5.57 Å². The molecule has 1 aromatic carbocycles. The fourth-order valence-electron chi connectivity index (χ4n) is 3.29. The molecule has 1 heterocycles. The number of allylic oxidation sites excluding steroid dienone is 1. The third-order valence-electron chi connectivity index (χ3n) is 4.63. The molecular weight excluding hydrogens is 334 g/mol. The van der Waals surface area contributed by atoms with Crippen molar-refractivity contribution in [1.82, 2.24) is 4.90 Å². The number of hydrogen-bond donors (Lipinski definition) is 0. The Morgan fingerprint density at radius 2 is 1.96 bits per heavy atom. The highest BCUT2D eigenvalue weighted by atomic mass is 16.6. The molecule has 0 aromatic heterocycles. The van der Waals surface area contributed by atoms with Crippen LogP contribution < -0.4 is 0 Å². The number of unbranched alkanes of at least 4 members (excludes halogenated alkanes) is 2. The molecule has 3 heteroatoms. The molecule has 27 heavy (non-hydrogen) atoms. The molecule has 0 radical (unpaired) electrons. The fourth-order valence-corrected chi connectivity index (χ4v) is 3.29. The fraction of sp³-hybridized carbons (Fsp3) is 0.500. The minimum atomic E-state index is -0.224. The van der Waals surface area contributed by atoms with Crippen molar-refractivity contribution in [3.8, 4) is 0 Å². The van der Waals surface area contributed by atoms with E-state index in [1.807, 2.05) is 30.3 Å². The van der Waals surface area contributed by atoms with Gasteiger partial charge >= 0.3 is 6.09 Å². The summed E-state index contributed by atoms with van der Waals surface area (Å²) < 4.78 is 5.80. The number of carbonyl (C=O) groups is 1. The van der Waals surface area contributed by atoms with Crippen LogP contribution in [-0.2, 0) is 11.3 Å². The largest absolute Gasteiger partial charge is 0.439 e. The average molecular weight is 368 g/mol. The van der Waals surface area contributed by atoms with E-state index in [-0.39, 0.29) is 12.2 Å². The van der Waals surface area contributed by atoms with Crippen LogP contribution in [0.15, 0.2) is 58.9 Å². The molecule has 1 saturated heterocycles. The lowest BCUT2D eigenvalue weighted by molar-refractivity contribution is 0.142. The van der Waals surface area contributed by atoms with Crippen molar-refractivity contribution in [3.63, 3.8) is 0 Å². The van der Waals surface area contributed by atoms with Crippen LogP contribution in [0.1, 0.15) is 65.4 Å². The van der Waals surface area contributed by atoms with Crippen molar-refractivity contribution in [2.24, 2.45) is 0 Å². The van der Waals surface area contributed by atoms with Gasteiger partial charge < -0.3 is 4.74 Å². The van der Waals surface area contributed by atoms with Gasteiger partial charge in [0.1, 0.15) is 6.10 Å². The van der Waals surface area contributed by atoms with Gasteiger partial charge in [0.2, 0.25) is 0 Å². The summed E-state index contributed by atoms with van der Waals surface area (Å²) in [6.45, 7) is 9.72. The van der Waals surface area contributed by atoms with Gasteiger partial charge in [-0.3, -0.25) is 4.90 Å². The molecule has 0 N–H and O–H groups in total. The van der Waals surface area contributed by atoms with Crippen molar-refractivity contribution >= 4 is 6.09 Å². The molecule has 1 aliphatic heterocycles. The molecule has 1 aromatic rings. The molecule has 1 amide bonds. The van der Waals surface area contributed by atoms with Gasteiger partial charge in [-0.1, -0.05) is 63.1 Å². The second-order valence-corrected chi connectivity index (χ2v) is 7.39. The topological polar surface area (TPSA) is 29.5 Å². The minimum absolute atomic E-state index is 0.202. The predicted molar refractivity (Wildman–Crippen MR) is 112 cm³/mol. The lowest BCUT2D eigenvalue weighted by Gasteiger charge is -2.17. The van der Waals surface area contributed by atoms with Crippen molar-refractivity contribution in [1.29, 1.82) is 0 Å². The normalized spacial score (nSPS) is 16.9. The van der Waals surface area contributed by atoms with Crippen molar-refractivity contribution in [2.75, 3.05) is 6.54 Å². The molecule has 0 bridgehead atoms. The van der Waals surface area contributed by atoms with Crippen LogP contribution in [0, 0.1) is 0 Å². The van der Waals surface area contributed by atoms with Gasteiger partial charge in [0.05, 0.1) is 6.54 Å². The molecule has 1 atom stereocenters. The van der Waals surface area contributed by atoms with Gasteiger partial charge in [-0.25, -0.2) is 4.79 Å². The maximum atomic E-state index is 12.5. The zero-order chi connectivity index (χ0) is 19.6. The van der Waals surface area contributed by atoms with Crippen LogP contribution in [0.3, 0.4) is 0 Å². The van der Waals surface area contributed by atoms with Crippen molar-refractivity contribution in [3.05, 3.63) is 64.4 Å². The van der Waals surface area contributed by atoms with E-state index in [0.29, 0.717) is 13.1 Å². The number of carbonyl (C=O) groups excluding carboxylic acids is 1. The van der Waals surface area contributed by atoms with Crippen LogP contribution in [-0.4, -0.2) is 23.6 Å². The summed E-state index contributed by atoms with van der Waals surface area (Å²) in [5.41, 5.74) is 8.17. The third-order valence-corrected chi connectivity index (χ3v) is 4.63. The maximum absolute atomic E-state index is 12.5. The molecule has 1 aliphatic rings. The first-order valence-electron chi connectivity index (χ1n) is 10.2. The minimum Gasteiger partial charge on any atom is -0.439 e. The quantitative estimate of drug-likeness (QED) is 0.372. The SMILES string of the molecule is CCC/C=C(/C(=C=C(C)C)CCCC)C1CN(Cc2ccccc2)C(=O)O1. The van der Waals surface area contributed by atoms with E-state index in [0.717, 1.165) is 48.8 Å². The Morgan fingerprint density at radius 1 is 1.22 bits per heavy atom. The number of rotatable bonds is 9. The lowest BCUT2D eigenvalue weighted by Crippen LogP contribution is -2.25. The number of nitrogens with zero attached hydrogens (tertiary/aromatic N) is 1. The summed E-state index contributed by atoms with van der Waals surface area (Å²) in [5, 5.41) is 0. The second-order valence-electron chi connectivity index (χ2n) is 7.39. The Balaban J connectivity index is 2.24. The summed E-state index contributed by atoms with van der Waals surface area (Å²) >= 11 is 0. The van der Waals surface area contributed by atoms with Gasteiger partial charge in [-0.15, -0.1) is 5.73 Å². The molecule has 3 nitrogen and oxygen atoms in total. The summed E-state index contributed by atoms with van der Waals surface area (Å²) in [4.78, 5) is 14.3. The van der Waals surface area contributed by atoms with Crippen LogP contribution in [0.2, 0.25) is 0 Å². The van der Waals surface area contributed by atoms with E-state index in [2.05, 4.69) is 39.5 Å².